The summed E-state index contributed by atoms with van der Waals surface area (Å²) >= 11 is 0. The van der Waals surface area contributed by atoms with Gasteiger partial charge in [0.25, 0.3) is 0 Å². The molecule has 0 spiro atoms. The molecule has 1 saturated heterocycles. The van der Waals surface area contributed by atoms with Crippen molar-refractivity contribution in [3.05, 3.63) is 60.3 Å². The number of carbonyl (C=O) groups is 2. The lowest BCUT2D eigenvalue weighted by Crippen LogP contribution is -2.51. The molecule has 24 heavy (non-hydrogen) atoms. The van der Waals surface area contributed by atoms with E-state index in [9.17, 15) is 9.59 Å². The van der Waals surface area contributed by atoms with Crippen molar-refractivity contribution in [3.8, 4) is 0 Å². The fourth-order valence-electron chi connectivity index (χ4n) is 3.04. The van der Waals surface area contributed by atoms with Gasteiger partial charge in [0.15, 0.2) is 0 Å². The molecule has 1 aliphatic heterocycles. The Hall–Kier alpha value is -2.82. The van der Waals surface area contributed by atoms with Gasteiger partial charge in [-0.3, -0.25) is 4.79 Å². The van der Waals surface area contributed by atoms with E-state index in [2.05, 4.69) is 17.2 Å². The molecule has 0 aliphatic carbocycles. The summed E-state index contributed by atoms with van der Waals surface area (Å²) in [5, 5.41) is 7.48. The Labute approximate surface area is 140 Å². The third kappa shape index (κ3) is 2.97. The van der Waals surface area contributed by atoms with Crippen LogP contribution < -0.4 is 10.6 Å². The third-order valence-electron chi connectivity index (χ3n) is 4.13. The molecule has 2 aromatic rings. The standard InChI is InChI=1S/C19H20N2O3/c1-3-11-24-18(22)16-12(2)20-19(23)21-17(16)15-10-6-8-13-7-4-5-9-14(13)15/h4-10,16-17H,2-3,11H2,1H3,(H2,20,21,23)/t16-,17+/m0/s1. The Balaban J connectivity index is 2.04. The predicted molar refractivity (Wildman–Crippen MR) is 92.2 cm³/mol. The Morgan fingerprint density at radius 1 is 1.21 bits per heavy atom. The van der Waals surface area contributed by atoms with Crippen molar-refractivity contribution < 1.29 is 14.3 Å². The van der Waals surface area contributed by atoms with Crippen LogP contribution >= 0.6 is 0 Å². The predicted octanol–water partition coefficient (Wildman–Crippen LogP) is 3.28. The van der Waals surface area contributed by atoms with Gasteiger partial charge < -0.3 is 15.4 Å². The van der Waals surface area contributed by atoms with Gasteiger partial charge in [0.05, 0.1) is 12.6 Å². The molecule has 5 nitrogen and oxygen atoms in total. The van der Waals surface area contributed by atoms with Crippen molar-refractivity contribution in [2.24, 2.45) is 5.92 Å². The number of carbonyl (C=O) groups excluding carboxylic acids is 2. The Bertz CT molecular complexity index is 795. The first-order chi connectivity index (χ1) is 11.6. The molecule has 3 rings (SSSR count). The summed E-state index contributed by atoms with van der Waals surface area (Å²) in [6.45, 7) is 6.14. The molecule has 2 N–H and O–H groups in total. The highest BCUT2D eigenvalue weighted by molar-refractivity contribution is 5.90. The Morgan fingerprint density at radius 3 is 2.75 bits per heavy atom. The van der Waals surface area contributed by atoms with Gasteiger partial charge in [-0.05, 0) is 22.8 Å². The van der Waals surface area contributed by atoms with Crippen LogP contribution in [0.2, 0.25) is 0 Å². The normalized spacial score (nSPS) is 20.4. The molecule has 2 amide bonds. The van der Waals surface area contributed by atoms with Crippen molar-refractivity contribution in [1.29, 1.82) is 0 Å². The van der Waals surface area contributed by atoms with Gasteiger partial charge in [0, 0.05) is 5.70 Å². The van der Waals surface area contributed by atoms with Crippen LogP contribution in [-0.4, -0.2) is 18.6 Å². The molecular weight excluding hydrogens is 304 g/mol. The number of amides is 2. The van der Waals surface area contributed by atoms with E-state index in [4.69, 9.17) is 4.74 Å². The quantitative estimate of drug-likeness (QED) is 0.848. The molecule has 0 bridgehead atoms. The lowest BCUT2D eigenvalue weighted by Gasteiger charge is -2.33. The number of nitrogens with one attached hydrogen (secondary N) is 2. The average molecular weight is 324 g/mol. The van der Waals surface area contributed by atoms with Gasteiger partial charge in [0.2, 0.25) is 0 Å². The molecule has 1 heterocycles. The van der Waals surface area contributed by atoms with Gasteiger partial charge in [0.1, 0.15) is 5.92 Å². The molecule has 1 fully saturated rings. The molecule has 1 aliphatic rings. The first kappa shape index (κ1) is 16.1. The van der Waals surface area contributed by atoms with Crippen LogP contribution in [0.5, 0.6) is 0 Å². The van der Waals surface area contributed by atoms with Crippen molar-refractivity contribution >= 4 is 22.8 Å². The van der Waals surface area contributed by atoms with Crippen LogP contribution in [0.4, 0.5) is 4.79 Å². The second kappa shape index (κ2) is 6.74. The summed E-state index contributed by atoms with van der Waals surface area (Å²) in [6.07, 6.45) is 0.740. The fourth-order valence-corrected chi connectivity index (χ4v) is 3.04. The van der Waals surface area contributed by atoms with Crippen LogP contribution in [0.1, 0.15) is 24.9 Å². The molecule has 0 unspecified atom stereocenters. The molecule has 0 radical (unpaired) electrons. The van der Waals surface area contributed by atoms with Crippen LogP contribution in [0.25, 0.3) is 10.8 Å². The van der Waals surface area contributed by atoms with Crippen molar-refractivity contribution in [2.45, 2.75) is 19.4 Å². The van der Waals surface area contributed by atoms with Gasteiger partial charge in [-0.25, -0.2) is 4.79 Å². The fraction of sp³-hybridized carbons (Fsp3) is 0.263. The molecule has 2 aromatic carbocycles. The Kier molecular flexibility index (Phi) is 4.51. The van der Waals surface area contributed by atoms with E-state index in [1.807, 2.05) is 49.4 Å². The second-order valence-electron chi connectivity index (χ2n) is 5.81. The highest BCUT2D eigenvalue weighted by atomic mass is 16.5. The molecule has 5 heteroatoms. The lowest BCUT2D eigenvalue weighted by atomic mass is 9.86. The summed E-state index contributed by atoms with van der Waals surface area (Å²) in [7, 11) is 0. The van der Waals surface area contributed by atoms with E-state index in [0.717, 1.165) is 22.8 Å². The first-order valence-corrected chi connectivity index (χ1v) is 8.02. The Morgan fingerprint density at radius 2 is 1.96 bits per heavy atom. The zero-order valence-electron chi connectivity index (χ0n) is 13.5. The van der Waals surface area contributed by atoms with Crippen LogP contribution in [-0.2, 0) is 9.53 Å². The number of rotatable bonds is 4. The number of esters is 1. The van der Waals surface area contributed by atoms with Crippen molar-refractivity contribution in [1.82, 2.24) is 10.6 Å². The summed E-state index contributed by atoms with van der Waals surface area (Å²) < 4.78 is 5.31. The summed E-state index contributed by atoms with van der Waals surface area (Å²) in [5.74, 6) is -1.05. The van der Waals surface area contributed by atoms with E-state index >= 15 is 0 Å². The minimum absolute atomic E-state index is 0.346. The highest BCUT2D eigenvalue weighted by Gasteiger charge is 2.39. The number of hydrogen-bond donors (Lipinski definition) is 2. The second-order valence-corrected chi connectivity index (χ2v) is 5.81. The van der Waals surface area contributed by atoms with E-state index in [0.29, 0.717) is 12.3 Å². The zero-order chi connectivity index (χ0) is 17.1. The number of hydrogen-bond acceptors (Lipinski definition) is 3. The van der Waals surface area contributed by atoms with Gasteiger partial charge in [-0.15, -0.1) is 0 Å². The molecule has 124 valence electrons. The number of urea groups is 1. The smallest absolute Gasteiger partial charge is 0.319 e. The average Bonchev–Trinajstić information content (AvgIpc) is 2.58. The van der Waals surface area contributed by atoms with Gasteiger partial charge in [-0.2, -0.15) is 0 Å². The van der Waals surface area contributed by atoms with E-state index in [1.54, 1.807) is 0 Å². The van der Waals surface area contributed by atoms with Crippen molar-refractivity contribution in [3.63, 3.8) is 0 Å². The lowest BCUT2D eigenvalue weighted by molar-refractivity contribution is -0.148. The zero-order valence-corrected chi connectivity index (χ0v) is 13.5. The monoisotopic (exact) mass is 324 g/mol. The summed E-state index contributed by atoms with van der Waals surface area (Å²) in [5.41, 5.74) is 1.24. The topological polar surface area (TPSA) is 67.4 Å². The maximum absolute atomic E-state index is 12.5. The molecule has 0 aromatic heterocycles. The maximum atomic E-state index is 12.5. The van der Waals surface area contributed by atoms with Crippen LogP contribution in [0.15, 0.2) is 54.7 Å². The number of fused-ring (bicyclic) bond motifs is 1. The van der Waals surface area contributed by atoms with Crippen molar-refractivity contribution in [2.75, 3.05) is 6.61 Å². The van der Waals surface area contributed by atoms with Gasteiger partial charge in [-0.1, -0.05) is 56.0 Å². The van der Waals surface area contributed by atoms with E-state index in [1.165, 1.54) is 0 Å². The minimum Gasteiger partial charge on any atom is -0.465 e. The van der Waals surface area contributed by atoms with E-state index in [-0.39, 0.29) is 12.0 Å². The third-order valence-corrected chi connectivity index (χ3v) is 4.13. The summed E-state index contributed by atoms with van der Waals surface area (Å²) in [4.78, 5) is 24.5. The first-order valence-electron chi connectivity index (χ1n) is 8.02. The molecular formula is C19H20N2O3. The highest BCUT2D eigenvalue weighted by Crippen LogP contribution is 2.34. The number of benzene rings is 2. The number of ether oxygens (including phenoxy) is 1. The summed E-state index contributed by atoms with van der Waals surface area (Å²) in [6, 6.07) is 12.8. The maximum Gasteiger partial charge on any atom is 0.319 e. The van der Waals surface area contributed by atoms with E-state index < -0.39 is 12.0 Å². The van der Waals surface area contributed by atoms with Gasteiger partial charge >= 0.3 is 12.0 Å². The van der Waals surface area contributed by atoms with Crippen LogP contribution in [0, 0.1) is 5.92 Å². The largest absolute Gasteiger partial charge is 0.465 e. The molecule has 0 saturated carbocycles. The minimum atomic E-state index is -0.667. The SMILES string of the molecule is C=C1NC(=O)N[C@H](c2cccc3ccccc23)[C@H]1C(=O)OCCC. The van der Waals surface area contributed by atoms with Crippen LogP contribution in [0.3, 0.4) is 0 Å². The molecule has 2 atom stereocenters.